The van der Waals surface area contributed by atoms with Gasteiger partial charge in [0, 0.05) is 39.0 Å². The monoisotopic (exact) mass is 554 g/mol. The Balaban J connectivity index is 1.08. The molecule has 12 nitrogen and oxygen atoms in total. The maximum atomic E-state index is 12.3. The predicted octanol–water partition coefficient (Wildman–Crippen LogP) is 2.75. The highest BCUT2D eigenvalue weighted by molar-refractivity contribution is 5.88. The Bertz CT molecular complexity index is 1090. The molecule has 4 aliphatic rings. The molecule has 1 saturated heterocycles. The van der Waals surface area contributed by atoms with Gasteiger partial charge in [-0.1, -0.05) is 19.4 Å². The third-order valence-electron chi connectivity index (χ3n) is 7.77. The quantitative estimate of drug-likeness (QED) is 0.326. The van der Waals surface area contributed by atoms with Gasteiger partial charge in [0.1, 0.15) is 24.4 Å². The summed E-state index contributed by atoms with van der Waals surface area (Å²) in [6.07, 6.45) is 10.6. The molecule has 218 valence electrons. The number of unbranched alkanes of at least 4 members (excludes halogenated alkanes) is 1. The fourth-order valence-electron chi connectivity index (χ4n) is 5.55. The molecular formula is C28H42N8O4. The second-order valence-corrected chi connectivity index (χ2v) is 10.9. The summed E-state index contributed by atoms with van der Waals surface area (Å²) in [6.45, 7) is 4.44. The number of ether oxygens (including phenoxy) is 3. The number of nitrogens with zero attached hydrogens (tertiary/aromatic N) is 4. The minimum absolute atomic E-state index is 0.0788. The highest BCUT2D eigenvalue weighted by Gasteiger charge is 2.36. The van der Waals surface area contributed by atoms with Crippen molar-refractivity contribution in [1.29, 1.82) is 0 Å². The number of alkyl carbamates (subject to hydrolysis) is 1. The fourth-order valence-corrected chi connectivity index (χ4v) is 5.55. The lowest BCUT2D eigenvalue weighted by Gasteiger charge is -2.20. The summed E-state index contributed by atoms with van der Waals surface area (Å²) in [5.41, 5.74) is 5.36. The number of hydrazone groups is 2. The minimum Gasteiger partial charge on any atom is -0.446 e. The van der Waals surface area contributed by atoms with Crippen molar-refractivity contribution in [2.75, 3.05) is 26.9 Å². The number of aromatic nitrogens is 1. The number of pyridine rings is 1. The van der Waals surface area contributed by atoms with Crippen LogP contribution in [0.2, 0.25) is 0 Å². The summed E-state index contributed by atoms with van der Waals surface area (Å²) < 4.78 is 17.1. The number of nitrogens with one attached hydrogen (secondary N) is 4. The standard InChI is InChI=1S/C28H42N8O4/c1-3-4-7-23(27-32-26(35-36(27)2)18-39-22-10-12-38-17-22)31-25-14-24(33-34-25)20-8-9-21(13-20)40-28(37)30-16-19-6-5-11-29-15-19/h5-6,11,15,20-22,24,33H,3-4,7-10,12-14,16-18H2,1-2H3,(H,30,37)(H,31,34)(H,32,35)/b27-23-. The molecule has 0 radical (unpaired) electrons. The van der Waals surface area contributed by atoms with Gasteiger partial charge in [-0.05, 0) is 56.1 Å². The van der Waals surface area contributed by atoms with E-state index in [1.54, 1.807) is 12.4 Å². The van der Waals surface area contributed by atoms with Crippen LogP contribution in [0.4, 0.5) is 4.79 Å². The van der Waals surface area contributed by atoms with Gasteiger partial charge in [-0.15, -0.1) is 0 Å². The van der Waals surface area contributed by atoms with E-state index in [4.69, 9.17) is 14.2 Å². The van der Waals surface area contributed by atoms with Crippen molar-refractivity contribution in [3.63, 3.8) is 0 Å². The normalized spacial score (nSPS) is 27.1. The van der Waals surface area contributed by atoms with E-state index in [0.29, 0.717) is 25.7 Å². The van der Waals surface area contributed by atoms with Crippen LogP contribution in [-0.4, -0.2) is 72.9 Å². The molecule has 0 spiro atoms. The largest absolute Gasteiger partial charge is 0.446 e. The van der Waals surface area contributed by atoms with E-state index >= 15 is 0 Å². The second kappa shape index (κ2) is 13.8. The van der Waals surface area contributed by atoms with Gasteiger partial charge in [0.2, 0.25) is 0 Å². The van der Waals surface area contributed by atoms with Gasteiger partial charge in [0.25, 0.3) is 0 Å². The van der Waals surface area contributed by atoms with E-state index < -0.39 is 0 Å². The number of carbonyl (C=O) groups excluding carboxylic acids is 1. The van der Waals surface area contributed by atoms with Gasteiger partial charge in [-0.3, -0.25) is 4.98 Å². The number of carbonyl (C=O) groups is 1. The summed E-state index contributed by atoms with van der Waals surface area (Å²) in [4.78, 5) is 16.4. The Kier molecular flexibility index (Phi) is 9.72. The number of rotatable bonds is 11. The molecular weight excluding hydrogens is 512 g/mol. The highest BCUT2D eigenvalue weighted by Crippen LogP contribution is 2.33. The third-order valence-corrected chi connectivity index (χ3v) is 7.77. The van der Waals surface area contributed by atoms with Crippen molar-refractivity contribution in [3.05, 3.63) is 41.6 Å². The number of amidine groups is 2. The van der Waals surface area contributed by atoms with Crippen LogP contribution in [0.1, 0.15) is 63.9 Å². The molecule has 1 aliphatic carbocycles. The van der Waals surface area contributed by atoms with Crippen molar-refractivity contribution < 1.29 is 19.0 Å². The molecule has 4 unspecified atom stereocenters. The first-order valence-electron chi connectivity index (χ1n) is 14.5. The molecule has 4 N–H and O–H groups in total. The Morgan fingerprint density at radius 3 is 3.00 bits per heavy atom. The van der Waals surface area contributed by atoms with E-state index in [1.165, 1.54) is 0 Å². The Morgan fingerprint density at radius 2 is 2.20 bits per heavy atom. The topological polar surface area (TPSA) is 134 Å². The average Bonchev–Trinajstić information content (AvgIpc) is 3.78. The van der Waals surface area contributed by atoms with Crippen LogP contribution < -0.4 is 21.4 Å². The van der Waals surface area contributed by atoms with E-state index in [2.05, 4.69) is 43.5 Å². The van der Waals surface area contributed by atoms with Crippen molar-refractivity contribution >= 4 is 17.8 Å². The summed E-state index contributed by atoms with van der Waals surface area (Å²) in [7, 11) is 1.95. The highest BCUT2D eigenvalue weighted by atomic mass is 16.6. The van der Waals surface area contributed by atoms with Crippen molar-refractivity contribution in [1.82, 2.24) is 31.4 Å². The SMILES string of the molecule is CCCC/C(NC1=NNC(C2CCC(OC(=O)NCc3cccnc3)C2)C1)=C1\NC(COC2CCOC2)=NN1C. The van der Waals surface area contributed by atoms with E-state index in [0.717, 1.165) is 86.7 Å². The molecule has 1 saturated carbocycles. The van der Waals surface area contributed by atoms with Crippen LogP contribution in [-0.2, 0) is 20.8 Å². The van der Waals surface area contributed by atoms with E-state index in [9.17, 15) is 4.79 Å². The van der Waals surface area contributed by atoms with Crippen molar-refractivity contribution in [3.8, 4) is 0 Å². The number of hydrogen-bond acceptors (Lipinski definition) is 11. The summed E-state index contributed by atoms with van der Waals surface area (Å²) in [5, 5.41) is 21.0. The molecule has 0 bridgehead atoms. The fraction of sp³-hybridized carbons (Fsp3) is 0.643. The molecule has 1 amide bonds. The zero-order valence-electron chi connectivity index (χ0n) is 23.5. The lowest BCUT2D eigenvalue weighted by atomic mass is 9.96. The van der Waals surface area contributed by atoms with Gasteiger partial charge in [0.05, 0.1) is 24.4 Å². The molecule has 1 aromatic rings. The number of hydrogen-bond donors (Lipinski definition) is 4. The molecule has 12 heteroatoms. The molecule has 2 fully saturated rings. The second-order valence-electron chi connectivity index (χ2n) is 10.9. The lowest BCUT2D eigenvalue weighted by molar-refractivity contribution is 0.0653. The maximum Gasteiger partial charge on any atom is 0.407 e. The van der Waals surface area contributed by atoms with E-state index in [1.807, 2.05) is 24.2 Å². The first kappa shape index (κ1) is 28.2. The first-order valence-corrected chi connectivity index (χ1v) is 14.5. The molecule has 1 aromatic heterocycles. The summed E-state index contributed by atoms with van der Waals surface area (Å²) in [5.74, 6) is 3.05. The van der Waals surface area contributed by atoms with Gasteiger partial charge < -0.3 is 35.6 Å². The van der Waals surface area contributed by atoms with Crippen molar-refractivity contribution in [2.45, 2.75) is 83.1 Å². The Morgan fingerprint density at radius 1 is 1.27 bits per heavy atom. The van der Waals surface area contributed by atoms with Crippen LogP contribution in [0.25, 0.3) is 0 Å². The van der Waals surface area contributed by atoms with Crippen molar-refractivity contribution in [2.24, 2.45) is 16.1 Å². The minimum atomic E-state index is -0.378. The molecule has 3 aliphatic heterocycles. The molecule has 4 heterocycles. The zero-order chi connectivity index (χ0) is 27.7. The average molecular weight is 555 g/mol. The molecule has 0 aromatic carbocycles. The van der Waals surface area contributed by atoms with Crippen LogP contribution in [0.3, 0.4) is 0 Å². The number of allylic oxidation sites excluding steroid dienone is 1. The Labute approximate surface area is 236 Å². The summed E-state index contributed by atoms with van der Waals surface area (Å²) in [6, 6.07) is 3.99. The molecule has 5 rings (SSSR count). The van der Waals surface area contributed by atoms with Crippen LogP contribution in [0.5, 0.6) is 0 Å². The summed E-state index contributed by atoms with van der Waals surface area (Å²) >= 11 is 0. The van der Waals surface area contributed by atoms with Crippen LogP contribution in [0, 0.1) is 5.92 Å². The predicted molar refractivity (Wildman–Crippen MR) is 151 cm³/mol. The van der Waals surface area contributed by atoms with Crippen LogP contribution >= 0.6 is 0 Å². The van der Waals surface area contributed by atoms with Gasteiger partial charge in [-0.25, -0.2) is 9.80 Å². The number of amides is 1. The Hall–Kier alpha value is -3.38. The third kappa shape index (κ3) is 7.63. The van der Waals surface area contributed by atoms with Gasteiger partial charge in [0.15, 0.2) is 5.84 Å². The first-order chi connectivity index (χ1) is 19.6. The smallest absolute Gasteiger partial charge is 0.407 e. The van der Waals surface area contributed by atoms with Gasteiger partial charge in [-0.2, -0.15) is 10.2 Å². The molecule has 4 atom stereocenters. The maximum absolute atomic E-state index is 12.3. The lowest BCUT2D eigenvalue weighted by Crippen LogP contribution is -2.33. The zero-order valence-corrected chi connectivity index (χ0v) is 23.5. The molecule has 40 heavy (non-hydrogen) atoms. The van der Waals surface area contributed by atoms with Crippen LogP contribution in [0.15, 0.2) is 46.2 Å². The van der Waals surface area contributed by atoms with Gasteiger partial charge >= 0.3 is 6.09 Å². The van der Waals surface area contributed by atoms with E-state index in [-0.39, 0.29) is 24.3 Å².